The molecule has 100 valence electrons. The quantitative estimate of drug-likeness (QED) is 0.730. The van der Waals surface area contributed by atoms with Gasteiger partial charge in [-0.1, -0.05) is 24.3 Å². The van der Waals surface area contributed by atoms with Gasteiger partial charge >= 0.3 is 6.01 Å². The van der Waals surface area contributed by atoms with Crippen LogP contribution < -0.4 is 9.47 Å². The van der Waals surface area contributed by atoms with Crippen LogP contribution in [0.3, 0.4) is 0 Å². The Kier molecular flexibility index (Phi) is 3.16. The first-order valence-electron chi connectivity index (χ1n) is 6.13. The summed E-state index contributed by atoms with van der Waals surface area (Å²) in [6, 6.07) is 11.9. The summed E-state index contributed by atoms with van der Waals surface area (Å²) in [5.41, 5.74) is 2.53. The molecule has 2 aromatic heterocycles. The lowest BCUT2D eigenvalue weighted by atomic mass is 10.1. The lowest BCUT2D eigenvalue weighted by molar-refractivity contribution is 0.353. The minimum absolute atomic E-state index is 0.271. The summed E-state index contributed by atoms with van der Waals surface area (Å²) in [7, 11) is 3.09. The lowest BCUT2D eigenvalue weighted by Crippen LogP contribution is -1.97. The Morgan fingerprint density at radius 2 is 1.80 bits per heavy atom. The molecule has 3 rings (SSSR count). The van der Waals surface area contributed by atoms with Gasteiger partial charge in [0.15, 0.2) is 0 Å². The van der Waals surface area contributed by atoms with Crippen LogP contribution in [0.5, 0.6) is 11.9 Å². The van der Waals surface area contributed by atoms with E-state index >= 15 is 0 Å². The Balaban J connectivity index is 2.25. The molecule has 0 aliphatic rings. The molecule has 5 heteroatoms. The number of pyridine rings is 1. The highest BCUT2D eigenvalue weighted by atomic mass is 16.5. The van der Waals surface area contributed by atoms with Crippen molar-refractivity contribution in [3.63, 3.8) is 0 Å². The van der Waals surface area contributed by atoms with Gasteiger partial charge in [0.2, 0.25) is 5.88 Å². The van der Waals surface area contributed by atoms with Gasteiger partial charge in [0.25, 0.3) is 0 Å². The van der Waals surface area contributed by atoms with Crippen LogP contribution in [-0.2, 0) is 0 Å². The van der Waals surface area contributed by atoms with Crippen LogP contribution in [0.15, 0.2) is 42.6 Å². The van der Waals surface area contributed by atoms with E-state index in [9.17, 15) is 0 Å². The summed E-state index contributed by atoms with van der Waals surface area (Å²) in [4.78, 5) is 12.9. The van der Waals surface area contributed by atoms with Gasteiger partial charge in [-0.05, 0) is 6.07 Å². The van der Waals surface area contributed by atoms with Gasteiger partial charge in [0.1, 0.15) is 0 Å². The van der Waals surface area contributed by atoms with Crippen molar-refractivity contribution in [2.24, 2.45) is 0 Å². The molecule has 0 saturated heterocycles. The highest BCUT2D eigenvalue weighted by Crippen LogP contribution is 2.28. The van der Waals surface area contributed by atoms with Crippen molar-refractivity contribution in [2.45, 2.75) is 0 Å². The molecule has 0 amide bonds. The second-order valence-corrected chi connectivity index (χ2v) is 4.16. The first-order valence-corrected chi connectivity index (χ1v) is 6.13. The summed E-state index contributed by atoms with van der Waals surface area (Å²) in [5.74, 6) is 0.458. The molecule has 0 atom stereocenters. The summed E-state index contributed by atoms with van der Waals surface area (Å²) < 4.78 is 10.3. The van der Waals surface area contributed by atoms with Crippen LogP contribution in [0.2, 0.25) is 0 Å². The van der Waals surface area contributed by atoms with Gasteiger partial charge in [-0.3, -0.25) is 4.98 Å². The van der Waals surface area contributed by atoms with Crippen LogP contribution in [0.1, 0.15) is 0 Å². The Hall–Kier alpha value is -2.69. The van der Waals surface area contributed by atoms with E-state index in [2.05, 4.69) is 15.0 Å². The van der Waals surface area contributed by atoms with E-state index in [0.717, 1.165) is 22.2 Å². The first-order chi connectivity index (χ1) is 9.81. The molecule has 0 N–H and O–H groups in total. The number of methoxy groups -OCH3 is 2. The second-order valence-electron chi connectivity index (χ2n) is 4.16. The molecule has 0 radical (unpaired) electrons. The van der Waals surface area contributed by atoms with E-state index in [1.807, 2.05) is 30.3 Å². The van der Waals surface area contributed by atoms with Crippen LogP contribution in [0.4, 0.5) is 0 Å². The van der Waals surface area contributed by atoms with Gasteiger partial charge in [-0.2, -0.15) is 9.97 Å². The zero-order chi connectivity index (χ0) is 13.9. The van der Waals surface area contributed by atoms with Crippen LogP contribution >= 0.6 is 0 Å². The maximum Gasteiger partial charge on any atom is 0.320 e. The van der Waals surface area contributed by atoms with Gasteiger partial charge < -0.3 is 9.47 Å². The van der Waals surface area contributed by atoms with Crippen molar-refractivity contribution in [2.75, 3.05) is 14.2 Å². The molecule has 3 aromatic rings. The van der Waals surface area contributed by atoms with Crippen molar-refractivity contribution in [1.82, 2.24) is 15.0 Å². The molecule has 2 heterocycles. The predicted molar refractivity (Wildman–Crippen MR) is 75.9 cm³/mol. The molecule has 0 bridgehead atoms. The van der Waals surface area contributed by atoms with E-state index in [1.54, 1.807) is 19.4 Å². The monoisotopic (exact) mass is 267 g/mol. The molecule has 20 heavy (non-hydrogen) atoms. The number of rotatable bonds is 3. The van der Waals surface area contributed by atoms with Crippen molar-refractivity contribution < 1.29 is 9.47 Å². The Morgan fingerprint density at radius 1 is 0.950 bits per heavy atom. The number of ether oxygens (including phenoxy) is 2. The van der Waals surface area contributed by atoms with Crippen LogP contribution in [0.25, 0.3) is 22.2 Å². The van der Waals surface area contributed by atoms with E-state index in [4.69, 9.17) is 9.47 Å². The average Bonchev–Trinajstić information content (AvgIpc) is 2.53. The second kappa shape index (κ2) is 5.13. The number of benzene rings is 1. The van der Waals surface area contributed by atoms with Crippen molar-refractivity contribution in [3.8, 4) is 23.1 Å². The largest absolute Gasteiger partial charge is 0.481 e. The summed E-state index contributed by atoms with van der Waals surface area (Å²) in [6.07, 6.45) is 1.77. The number of aromatic nitrogens is 3. The highest BCUT2D eigenvalue weighted by Gasteiger charge is 2.10. The smallest absolute Gasteiger partial charge is 0.320 e. The zero-order valence-corrected chi connectivity index (χ0v) is 11.2. The fourth-order valence-corrected chi connectivity index (χ4v) is 2.05. The predicted octanol–water partition coefficient (Wildman–Crippen LogP) is 2.71. The first kappa shape index (κ1) is 12.3. The van der Waals surface area contributed by atoms with E-state index in [-0.39, 0.29) is 6.01 Å². The molecule has 5 nitrogen and oxygen atoms in total. The third kappa shape index (κ3) is 2.14. The van der Waals surface area contributed by atoms with E-state index < -0.39 is 0 Å². The fourth-order valence-electron chi connectivity index (χ4n) is 2.05. The fraction of sp³-hybridized carbons (Fsp3) is 0.133. The molecule has 0 saturated carbocycles. The molecule has 0 fully saturated rings. The maximum atomic E-state index is 5.18. The topological polar surface area (TPSA) is 57.1 Å². The minimum atomic E-state index is 0.271. The molecule has 0 aliphatic carbocycles. The molecule has 0 aliphatic heterocycles. The Labute approximate surface area is 116 Å². The van der Waals surface area contributed by atoms with Gasteiger partial charge in [0.05, 0.1) is 25.4 Å². The van der Waals surface area contributed by atoms with Gasteiger partial charge in [-0.25, -0.2) is 0 Å². The number of hydrogen-bond donors (Lipinski definition) is 0. The lowest BCUT2D eigenvalue weighted by Gasteiger charge is -2.08. The summed E-state index contributed by atoms with van der Waals surface area (Å²) in [5, 5.41) is 1.06. The van der Waals surface area contributed by atoms with Crippen molar-refractivity contribution in [1.29, 1.82) is 0 Å². The zero-order valence-electron chi connectivity index (χ0n) is 11.2. The van der Waals surface area contributed by atoms with Crippen LogP contribution in [0, 0.1) is 0 Å². The third-order valence-corrected chi connectivity index (χ3v) is 2.98. The van der Waals surface area contributed by atoms with Crippen molar-refractivity contribution >= 4 is 10.9 Å². The standard InChI is InChI=1S/C15H13N3O2/c1-19-13-9-12(17-15(18-13)20-2)11-7-3-5-10-6-4-8-16-14(10)11/h3-9H,1-2H3. The average molecular weight is 267 g/mol. The molecular formula is C15H13N3O2. The molecule has 0 unspecified atom stereocenters. The van der Waals surface area contributed by atoms with Gasteiger partial charge in [-0.15, -0.1) is 0 Å². The molecule has 0 spiro atoms. The highest BCUT2D eigenvalue weighted by molar-refractivity contribution is 5.92. The Morgan fingerprint density at radius 3 is 2.60 bits per heavy atom. The number of nitrogens with zero attached hydrogens (tertiary/aromatic N) is 3. The normalized spacial score (nSPS) is 10.5. The number of hydrogen-bond acceptors (Lipinski definition) is 5. The third-order valence-electron chi connectivity index (χ3n) is 2.98. The maximum absolute atomic E-state index is 5.18. The molecule has 1 aromatic carbocycles. The summed E-state index contributed by atoms with van der Waals surface area (Å²) in [6.45, 7) is 0. The van der Waals surface area contributed by atoms with Crippen LogP contribution in [-0.4, -0.2) is 29.2 Å². The van der Waals surface area contributed by atoms with Gasteiger partial charge in [0, 0.05) is 23.2 Å². The molecular weight excluding hydrogens is 254 g/mol. The number of para-hydroxylation sites is 1. The Bertz CT molecular complexity index is 731. The van der Waals surface area contributed by atoms with E-state index in [1.165, 1.54) is 7.11 Å². The van der Waals surface area contributed by atoms with Crippen molar-refractivity contribution in [3.05, 3.63) is 42.6 Å². The minimum Gasteiger partial charge on any atom is -0.481 e. The number of fused-ring (bicyclic) bond motifs is 1. The van der Waals surface area contributed by atoms with E-state index in [0.29, 0.717) is 5.88 Å². The SMILES string of the molecule is COc1cc(-c2cccc3cccnc23)nc(OC)n1. The summed E-state index contributed by atoms with van der Waals surface area (Å²) >= 11 is 0.